The summed E-state index contributed by atoms with van der Waals surface area (Å²) in [7, 11) is 0. The van der Waals surface area contributed by atoms with Crippen LogP contribution in [0.2, 0.25) is 0 Å². The van der Waals surface area contributed by atoms with Crippen LogP contribution < -0.4 is 26.4 Å². The average Bonchev–Trinajstić information content (AvgIpc) is 3.41. The third kappa shape index (κ3) is 4.11. The number of guanidine groups is 1. The standard InChI is InChI=1S/C25H33N3O6/c1-25(31)9-4-7-14-20-18(34-23(14)25)12-19-21(22(20)32-13-5-2-3-6-13)16(30)11-17(33-19)15(29)8-10-28-24(26)27/h11-15,23,29,31H,2-10H2,1H3,(H4,26,27,28)/t14-,15-,23+,25-/m1/s1. The third-order valence-electron chi connectivity index (χ3n) is 7.41. The number of ether oxygens (including phenoxy) is 2. The van der Waals surface area contributed by atoms with E-state index in [-0.39, 0.29) is 42.1 Å². The zero-order valence-electron chi connectivity index (χ0n) is 19.5. The zero-order chi connectivity index (χ0) is 24.0. The van der Waals surface area contributed by atoms with Crippen LogP contribution in [0.25, 0.3) is 11.0 Å². The molecule has 3 aliphatic rings. The van der Waals surface area contributed by atoms with Crippen LogP contribution in [0.3, 0.4) is 0 Å². The number of aliphatic imine (C=N–C) groups is 1. The number of rotatable bonds is 6. The van der Waals surface area contributed by atoms with Gasteiger partial charge in [0, 0.05) is 36.6 Å². The molecule has 0 saturated heterocycles. The molecule has 0 spiro atoms. The second-order valence-corrected chi connectivity index (χ2v) is 10.0. The molecule has 4 atom stereocenters. The molecule has 0 bridgehead atoms. The van der Waals surface area contributed by atoms with Crippen molar-refractivity contribution in [2.75, 3.05) is 6.54 Å². The van der Waals surface area contributed by atoms with Crippen molar-refractivity contribution in [2.45, 2.75) is 88.1 Å². The Labute approximate surface area is 197 Å². The van der Waals surface area contributed by atoms with Gasteiger partial charge in [-0.05, 0) is 51.9 Å². The Morgan fingerprint density at radius 3 is 2.76 bits per heavy atom. The fourth-order valence-corrected chi connectivity index (χ4v) is 5.71. The Hall–Kier alpha value is -2.78. The Bertz CT molecular complexity index is 1160. The maximum absolute atomic E-state index is 13.4. The van der Waals surface area contributed by atoms with Crippen LogP contribution >= 0.6 is 0 Å². The van der Waals surface area contributed by atoms with Crippen molar-refractivity contribution >= 4 is 16.9 Å². The summed E-state index contributed by atoms with van der Waals surface area (Å²) in [6.07, 6.45) is 5.22. The minimum atomic E-state index is -1.04. The highest BCUT2D eigenvalue weighted by atomic mass is 16.5. The van der Waals surface area contributed by atoms with E-state index in [1.54, 1.807) is 13.0 Å². The largest absolute Gasteiger partial charge is 0.489 e. The lowest BCUT2D eigenvalue weighted by Gasteiger charge is -2.37. The van der Waals surface area contributed by atoms with E-state index in [2.05, 4.69) is 4.99 Å². The van der Waals surface area contributed by atoms with Crippen LogP contribution in [-0.2, 0) is 0 Å². The number of benzene rings is 1. The molecule has 0 unspecified atom stereocenters. The van der Waals surface area contributed by atoms with Crippen LogP contribution in [0.4, 0.5) is 0 Å². The van der Waals surface area contributed by atoms with Crippen molar-refractivity contribution in [3.8, 4) is 11.5 Å². The molecule has 2 saturated carbocycles. The van der Waals surface area contributed by atoms with Gasteiger partial charge in [0.05, 0.1) is 11.7 Å². The van der Waals surface area contributed by atoms with Gasteiger partial charge in [0.2, 0.25) is 0 Å². The molecular weight excluding hydrogens is 438 g/mol. The van der Waals surface area contributed by atoms with Gasteiger partial charge in [0.15, 0.2) is 11.4 Å². The summed E-state index contributed by atoms with van der Waals surface area (Å²) in [5.41, 5.74) is 10.6. The van der Waals surface area contributed by atoms with Crippen molar-refractivity contribution in [2.24, 2.45) is 16.5 Å². The van der Waals surface area contributed by atoms with E-state index in [9.17, 15) is 15.0 Å². The van der Waals surface area contributed by atoms with E-state index in [4.69, 9.17) is 25.4 Å². The lowest BCUT2D eigenvalue weighted by molar-refractivity contribution is -0.0725. The molecule has 0 radical (unpaired) electrons. The maximum atomic E-state index is 13.4. The second kappa shape index (κ2) is 8.78. The molecule has 1 aliphatic heterocycles. The molecule has 1 aromatic carbocycles. The Morgan fingerprint density at radius 2 is 2.03 bits per heavy atom. The van der Waals surface area contributed by atoms with Crippen LogP contribution in [0.5, 0.6) is 11.5 Å². The average molecular weight is 472 g/mol. The Kier molecular flexibility index (Phi) is 5.93. The lowest BCUT2D eigenvalue weighted by Crippen LogP contribution is -2.47. The van der Waals surface area contributed by atoms with E-state index in [0.29, 0.717) is 28.9 Å². The van der Waals surface area contributed by atoms with Crippen molar-refractivity contribution < 1.29 is 24.1 Å². The van der Waals surface area contributed by atoms with Crippen LogP contribution in [-0.4, -0.2) is 40.5 Å². The summed E-state index contributed by atoms with van der Waals surface area (Å²) >= 11 is 0. The van der Waals surface area contributed by atoms with Gasteiger partial charge in [-0.3, -0.25) is 9.79 Å². The first-order valence-electron chi connectivity index (χ1n) is 12.2. The first kappa shape index (κ1) is 23.0. The van der Waals surface area contributed by atoms with E-state index in [1.165, 1.54) is 6.07 Å². The topological polar surface area (TPSA) is 154 Å². The van der Waals surface area contributed by atoms with Crippen molar-refractivity contribution in [1.29, 1.82) is 0 Å². The molecule has 5 rings (SSSR count). The van der Waals surface area contributed by atoms with Gasteiger partial charge in [0.1, 0.15) is 40.4 Å². The predicted molar refractivity (Wildman–Crippen MR) is 127 cm³/mol. The number of hydrogen-bond acceptors (Lipinski definition) is 7. The number of hydrogen-bond donors (Lipinski definition) is 4. The Balaban J connectivity index is 1.60. The van der Waals surface area contributed by atoms with Gasteiger partial charge in [-0.2, -0.15) is 0 Å². The zero-order valence-corrected chi connectivity index (χ0v) is 19.5. The number of aliphatic hydroxyl groups excluding tert-OH is 1. The highest BCUT2D eigenvalue weighted by molar-refractivity contribution is 5.88. The van der Waals surface area contributed by atoms with Gasteiger partial charge in [-0.15, -0.1) is 0 Å². The van der Waals surface area contributed by atoms with Crippen LogP contribution in [0.15, 0.2) is 26.3 Å². The fraction of sp³-hybridized carbons (Fsp3) is 0.600. The molecule has 0 amide bonds. The normalized spacial score (nSPS) is 27.1. The predicted octanol–water partition coefficient (Wildman–Crippen LogP) is 2.59. The first-order chi connectivity index (χ1) is 16.2. The monoisotopic (exact) mass is 471 g/mol. The van der Waals surface area contributed by atoms with Gasteiger partial charge in [0.25, 0.3) is 0 Å². The van der Waals surface area contributed by atoms with E-state index in [0.717, 1.165) is 44.1 Å². The summed E-state index contributed by atoms with van der Waals surface area (Å²) in [6.45, 7) is 2.01. The van der Waals surface area contributed by atoms with Crippen molar-refractivity contribution in [3.63, 3.8) is 0 Å². The minimum absolute atomic E-state index is 0.0297. The van der Waals surface area contributed by atoms with E-state index in [1.807, 2.05) is 0 Å². The number of nitrogens with two attached hydrogens (primary N) is 2. The smallest absolute Gasteiger partial charge is 0.196 e. The number of nitrogens with zero attached hydrogens (tertiary/aromatic N) is 1. The highest BCUT2D eigenvalue weighted by Gasteiger charge is 2.50. The highest BCUT2D eigenvalue weighted by Crippen LogP contribution is 2.54. The Morgan fingerprint density at radius 1 is 1.26 bits per heavy atom. The molecule has 2 aromatic rings. The molecule has 34 heavy (non-hydrogen) atoms. The second-order valence-electron chi connectivity index (χ2n) is 10.0. The van der Waals surface area contributed by atoms with Gasteiger partial charge in [-0.25, -0.2) is 0 Å². The SMILES string of the molecule is C[C@@]1(O)CCC[C@@H]2c3c(cc4oc([C@H](O)CCN=C(N)N)cc(=O)c4c3OC3CCCC3)O[C@@H]21. The third-order valence-corrected chi connectivity index (χ3v) is 7.41. The summed E-state index contributed by atoms with van der Waals surface area (Å²) < 4.78 is 18.8. The van der Waals surface area contributed by atoms with Crippen molar-refractivity contribution in [1.82, 2.24) is 0 Å². The molecule has 2 fully saturated rings. The first-order valence-corrected chi connectivity index (χ1v) is 12.2. The molecule has 9 heteroatoms. The van der Waals surface area contributed by atoms with Gasteiger partial charge in [-0.1, -0.05) is 0 Å². The summed E-state index contributed by atoms with van der Waals surface area (Å²) in [4.78, 5) is 17.2. The quantitative estimate of drug-likeness (QED) is 0.370. The molecule has 184 valence electrons. The minimum Gasteiger partial charge on any atom is -0.489 e. The summed E-state index contributed by atoms with van der Waals surface area (Å²) in [5.74, 6) is 1.11. The van der Waals surface area contributed by atoms with Gasteiger partial charge >= 0.3 is 0 Å². The molecule has 6 N–H and O–H groups in total. The summed E-state index contributed by atoms with van der Waals surface area (Å²) in [5, 5.41) is 21.9. The fourth-order valence-electron chi connectivity index (χ4n) is 5.71. The van der Waals surface area contributed by atoms with Crippen LogP contribution in [0, 0.1) is 0 Å². The van der Waals surface area contributed by atoms with Gasteiger partial charge < -0.3 is 35.6 Å². The molecule has 2 aliphatic carbocycles. The van der Waals surface area contributed by atoms with E-state index >= 15 is 0 Å². The molecule has 9 nitrogen and oxygen atoms in total. The molecule has 2 heterocycles. The maximum Gasteiger partial charge on any atom is 0.196 e. The summed E-state index contributed by atoms with van der Waals surface area (Å²) in [6, 6.07) is 3.02. The van der Waals surface area contributed by atoms with Crippen molar-refractivity contribution in [3.05, 3.63) is 33.7 Å². The molecule has 1 aromatic heterocycles. The van der Waals surface area contributed by atoms with Crippen LogP contribution in [0.1, 0.15) is 81.6 Å². The lowest BCUT2D eigenvalue weighted by atomic mass is 9.74. The number of aliphatic hydroxyl groups is 2. The number of fused-ring (bicyclic) bond motifs is 4. The van der Waals surface area contributed by atoms with E-state index < -0.39 is 17.8 Å². The molecular formula is C25H33N3O6.